The minimum absolute atomic E-state index is 0.234. The number of pyridine rings is 1. The Morgan fingerprint density at radius 2 is 2.15 bits per heavy atom. The summed E-state index contributed by atoms with van der Waals surface area (Å²) in [7, 11) is 1.81. The van der Waals surface area contributed by atoms with Gasteiger partial charge in [-0.3, -0.25) is 14.8 Å². The summed E-state index contributed by atoms with van der Waals surface area (Å²) in [5.74, 6) is 0.367. The van der Waals surface area contributed by atoms with Crippen LogP contribution in [0.15, 0.2) is 28.9 Å². The van der Waals surface area contributed by atoms with E-state index in [0.717, 1.165) is 28.1 Å². The molecular formula is C19H19N5O2S. The van der Waals surface area contributed by atoms with Gasteiger partial charge >= 0.3 is 0 Å². The normalized spacial score (nSPS) is 11.3. The SMILES string of the molecule is CCc1nc(NC(=O)c2cc(-c3ccco3)nc3c2c(C)nn3C)sc1C. The van der Waals surface area contributed by atoms with Crippen LogP contribution in [0.5, 0.6) is 0 Å². The molecule has 4 aromatic heterocycles. The third-order valence-electron chi connectivity index (χ3n) is 4.43. The monoisotopic (exact) mass is 381 g/mol. The summed E-state index contributed by atoms with van der Waals surface area (Å²) in [4.78, 5) is 23.3. The van der Waals surface area contributed by atoms with Crippen molar-refractivity contribution in [1.82, 2.24) is 19.7 Å². The molecule has 0 aliphatic rings. The van der Waals surface area contributed by atoms with Crippen molar-refractivity contribution in [2.75, 3.05) is 5.32 Å². The van der Waals surface area contributed by atoms with Gasteiger partial charge in [-0.05, 0) is 38.5 Å². The fourth-order valence-corrected chi connectivity index (χ4v) is 4.05. The molecule has 0 aliphatic heterocycles. The van der Waals surface area contributed by atoms with Crippen molar-refractivity contribution < 1.29 is 9.21 Å². The largest absolute Gasteiger partial charge is 0.463 e. The maximum Gasteiger partial charge on any atom is 0.258 e. The number of thiazole rings is 1. The molecule has 8 heteroatoms. The molecule has 138 valence electrons. The first kappa shape index (κ1) is 17.4. The highest BCUT2D eigenvalue weighted by Gasteiger charge is 2.21. The fourth-order valence-electron chi connectivity index (χ4n) is 3.15. The zero-order valence-corrected chi connectivity index (χ0v) is 16.3. The Morgan fingerprint density at radius 1 is 1.33 bits per heavy atom. The van der Waals surface area contributed by atoms with E-state index in [9.17, 15) is 4.79 Å². The molecule has 1 N–H and O–H groups in total. The number of carbonyl (C=O) groups excluding carboxylic acids is 1. The molecule has 0 bridgehead atoms. The second-order valence-corrected chi connectivity index (χ2v) is 7.47. The number of amides is 1. The van der Waals surface area contributed by atoms with E-state index in [4.69, 9.17) is 4.42 Å². The molecule has 27 heavy (non-hydrogen) atoms. The van der Waals surface area contributed by atoms with E-state index in [0.29, 0.717) is 27.8 Å². The molecule has 0 spiro atoms. The van der Waals surface area contributed by atoms with Crippen LogP contribution in [-0.2, 0) is 13.5 Å². The van der Waals surface area contributed by atoms with Gasteiger partial charge in [0.15, 0.2) is 16.5 Å². The molecule has 4 heterocycles. The smallest absolute Gasteiger partial charge is 0.258 e. The van der Waals surface area contributed by atoms with Crippen LogP contribution in [0.3, 0.4) is 0 Å². The molecule has 0 aromatic carbocycles. The van der Waals surface area contributed by atoms with Gasteiger partial charge in [0, 0.05) is 11.9 Å². The molecule has 1 amide bonds. The van der Waals surface area contributed by atoms with E-state index in [1.165, 1.54) is 11.3 Å². The number of hydrogen-bond donors (Lipinski definition) is 1. The van der Waals surface area contributed by atoms with Gasteiger partial charge in [-0.15, -0.1) is 11.3 Å². The van der Waals surface area contributed by atoms with Gasteiger partial charge in [0.05, 0.1) is 28.6 Å². The van der Waals surface area contributed by atoms with Crippen molar-refractivity contribution in [3.63, 3.8) is 0 Å². The van der Waals surface area contributed by atoms with Gasteiger partial charge < -0.3 is 4.42 Å². The standard InChI is InChI=1S/C19H19N5O2S/c1-5-13-11(3)27-19(21-13)22-18(25)12-9-14(15-7-6-8-26-15)20-17-16(12)10(2)23-24(17)4/h6-9H,5H2,1-4H3,(H,21,22,25). The molecule has 0 unspecified atom stereocenters. The van der Waals surface area contributed by atoms with Gasteiger partial charge in [-0.2, -0.15) is 5.10 Å². The molecule has 7 nitrogen and oxygen atoms in total. The number of nitrogens with one attached hydrogen (secondary N) is 1. The third kappa shape index (κ3) is 3.02. The van der Waals surface area contributed by atoms with Crippen LogP contribution in [-0.4, -0.2) is 25.7 Å². The van der Waals surface area contributed by atoms with E-state index >= 15 is 0 Å². The zero-order chi connectivity index (χ0) is 19.1. The molecule has 0 radical (unpaired) electrons. The minimum Gasteiger partial charge on any atom is -0.463 e. The van der Waals surface area contributed by atoms with Gasteiger partial charge in [-0.1, -0.05) is 6.92 Å². The quantitative estimate of drug-likeness (QED) is 0.575. The van der Waals surface area contributed by atoms with E-state index in [2.05, 4.69) is 27.3 Å². The second kappa shape index (κ2) is 6.62. The lowest BCUT2D eigenvalue weighted by molar-refractivity contribution is 0.102. The Morgan fingerprint density at radius 3 is 2.81 bits per heavy atom. The van der Waals surface area contributed by atoms with Crippen LogP contribution in [0.1, 0.15) is 33.5 Å². The molecule has 4 rings (SSSR count). The Hall–Kier alpha value is -3.00. The van der Waals surface area contributed by atoms with Crippen molar-refractivity contribution in [1.29, 1.82) is 0 Å². The maximum atomic E-state index is 13.1. The number of rotatable bonds is 4. The second-order valence-electron chi connectivity index (χ2n) is 6.27. The topological polar surface area (TPSA) is 85.8 Å². The maximum absolute atomic E-state index is 13.1. The Kier molecular flexibility index (Phi) is 4.27. The number of nitrogens with zero attached hydrogens (tertiary/aromatic N) is 4. The highest BCUT2D eigenvalue weighted by molar-refractivity contribution is 7.15. The van der Waals surface area contributed by atoms with Crippen LogP contribution < -0.4 is 5.32 Å². The fraction of sp³-hybridized carbons (Fsp3) is 0.263. The lowest BCUT2D eigenvalue weighted by atomic mass is 10.1. The van der Waals surface area contributed by atoms with Crippen LogP contribution in [0.25, 0.3) is 22.5 Å². The average Bonchev–Trinajstić information content (AvgIpc) is 3.35. The zero-order valence-electron chi connectivity index (χ0n) is 15.5. The summed E-state index contributed by atoms with van der Waals surface area (Å²) in [6.45, 7) is 5.93. The number of aromatic nitrogens is 4. The van der Waals surface area contributed by atoms with E-state index in [1.807, 2.05) is 27.0 Å². The lowest BCUT2D eigenvalue weighted by Crippen LogP contribution is -2.13. The van der Waals surface area contributed by atoms with Crippen LogP contribution in [0, 0.1) is 13.8 Å². The summed E-state index contributed by atoms with van der Waals surface area (Å²) >= 11 is 1.48. The number of hydrogen-bond acceptors (Lipinski definition) is 6. The molecule has 0 saturated carbocycles. The Bertz CT molecular complexity index is 1140. The molecule has 4 aromatic rings. The summed E-state index contributed by atoms with van der Waals surface area (Å²) in [6, 6.07) is 5.35. The van der Waals surface area contributed by atoms with Crippen LogP contribution in [0.2, 0.25) is 0 Å². The van der Waals surface area contributed by atoms with Crippen molar-refractivity contribution in [2.45, 2.75) is 27.2 Å². The van der Waals surface area contributed by atoms with E-state index in [-0.39, 0.29) is 5.91 Å². The first-order valence-corrected chi connectivity index (χ1v) is 9.45. The predicted octanol–water partition coefficient (Wildman–Crippen LogP) is 4.12. The lowest BCUT2D eigenvalue weighted by Gasteiger charge is -2.07. The van der Waals surface area contributed by atoms with Crippen LogP contribution in [0.4, 0.5) is 5.13 Å². The van der Waals surface area contributed by atoms with Crippen LogP contribution >= 0.6 is 11.3 Å². The van der Waals surface area contributed by atoms with Gasteiger partial charge in [-0.25, -0.2) is 9.97 Å². The number of fused-ring (bicyclic) bond motifs is 1. The van der Waals surface area contributed by atoms with Crippen molar-refractivity contribution in [2.24, 2.45) is 7.05 Å². The molecule has 0 atom stereocenters. The number of furan rings is 1. The summed E-state index contributed by atoms with van der Waals surface area (Å²) in [5, 5.41) is 8.68. The molecular weight excluding hydrogens is 362 g/mol. The van der Waals surface area contributed by atoms with Gasteiger partial charge in [0.2, 0.25) is 0 Å². The highest BCUT2D eigenvalue weighted by Crippen LogP contribution is 2.29. The minimum atomic E-state index is -0.234. The highest BCUT2D eigenvalue weighted by atomic mass is 32.1. The number of aryl methyl sites for hydroxylation is 4. The summed E-state index contributed by atoms with van der Waals surface area (Å²) < 4.78 is 7.14. The first-order valence-electron chi connectivity index (χ1n) is 8.63. The van der Waals surface area contributed by atoms with Crippen molar-refractivity contribution in [3.8, 4) is 11.5 Å². The molecule has 0 aliphatic carbocycles. The number of carbonyl (C=O) groups is 1. The summed E-state index contributed by atoms with van der Waals surface area (Å²) in [5.41, 5.74) is 3.48. The predicted molar refractivity (Wildman–Crippen MR) is 105 cm³/mol. The van der Waals surface area contributed by atoms with E-state index in [1.54, 1.807) is 23.1 Å². The third-order valence-corrected chi connectivity index (χ3v) is 5.36. The van der Waals surface area contributed by atoms with Gasteiger partial charge in [0.1, 0.15) is 5.69 Å². The van der Waals surface area contributed by atoms with E-state index < -0.39 is 0 Å². The van der Waals surface area contributed by atoms with Crippen molar-refractivity contribution in [3.05, 3.63) is 46.3 Å². The Balaban J connectivity index is 1.82. The average molecular weight is 381 g/mol. The molecule has 0 saturated heterocycles. The van der Waals surface area contributed by atoms with Crippen molar-refractivity contribution >= 4 is 33.4 Å². The molecule has 0 fully saturated rings. The summed E-state index contributed by atoms with van der Waals surface area (Å²) in [6.07, 6.45) is 2.42. The van der Waals surface area contributed by atoms with Gasteiger partial charge in [0.25, 0.3) is 5.91 Å². The Labute approximate surface area is 160 Å². The first-order chi connectivity index (χ1) is 13.0. The number of anilines is 1.